The molecule has 0 aliphatic rings. The first kappa shape index (κ1) is 9.60. The standard InChI is InChI=1S/C12H13N3/c1-8(2)15-7-9(6-13)11-4-3-10(14)5-12(11)15/h3-5,7-8H,14H2,1-2H3. The molecule has 3 heteroatoms. The van der Waals surface area contributed by atoms with Gasteiger partial charge in [-0.15, -0.1) is 0 Å². The first-order valence-corrected chi connectivity index (χ1v) is 4.93. The lowest BCUT2D eigenvalue weighted by atomic mass is 10.2. The molecule has 0 unspecified atom stereocenters. The van der Waals surface area contributed by atoms with Gasteiger partial charge in [0.05, 0.1) is 11.1 Å². The van der Waals surface area contributed by atoms with E-state index in [1.54, 1.807) is 0 Å². The molecule has 0 spiro atoms. The average Bonchev–Trinajstić information content (AvgIpc) is 2.55. The number of aromatic nitrogens is 1. The summed E-state index contributed by atoms with van der Waals surface area (Å²) in [5.41, 5.74) is 8.21. The van der Waals surface area contributed by atoms with E-state index in [1.165, 1.54) is 0 Å². The van der Waals surface area contributed by atoms with Gasteiger partial charge in [0, 0.05) is 23.3 Å². The van der Waals surface area contributed by atoms with Gasteiger partial charge < -0.3 is 10.3 Å². The third-order valence-electron chi connectivity index (χ3n) is 2.54. The van der Waals surface area contributed by atoms with E-state index in [1.807, 2.05) is 24.4 Å². The number of nitrogens with two attached hydrogens (primary N) is 1. The van der Waals surface area contributed by atoms with Crippen molar-refractivity contribution in [3.05, 3.63) is 30.0 Å². The molecule has 0 radical (unpaired) electrons. The Bertz CT molecular complexity index is 544. The van der Waals surface area contributed by atoms with Crippen LogP contribution in [0.5, 0.6) is 0 Å². The predicted molar refractivity (Wildman–Crippen MR) is 61.5 cm³/mol. The molecule has 0 aliphatic carbocycles. The second-order valence-corrected chi connectivity index (χ2v) is 3.93. The summed E-state index contributed by atoms with van der Waals surface area (Å²) < 4.78 is 2.07. The molecule has 0 saturated heterocycles. The molecule has 0 atom stereocenters. The first-order valence-electron chi connectivity index (χ1n) is 4.93. The third kappa shape index (κ3) is 1.44. The Hall–Kier alpha value is -1.95. The van der Waals surface area contributed by atoms with Gasteiger partial charge in [-0.1, -0.05) is 0 Å². The summed E-state index contributed by atoms with van der Waals surface area (Å²) in [7, 11) is 0. The minimum absolute atomic E-state index is 0.330. The maximum atomic E-state index is 9.01. The van der Waals surface area contributed by atoms with Crippen LogP contribution in [0, 0.1) is 11.3 Å². The monoisotopic (exact) mass is 199 g/mol. The Morgan fingerprint density at radius 1 is 1.40 bits per heavy atom. The first-order chi connectivity index (χ1) is 7.13. The van der Waals surface area contributed by atoms with Gasteiger partial charge in [-0.2, -0.15) is 5.26 Å². The molecule has 76 valence electrons. The Morgan fingerprint density at radius 2 is 2.13 bits per heavy atom. The van der Waals surface area contributed by atoms with E-state index in [2.05, 4.69) is 24.5 Å². The molecular weight excluding hydrogens is 186 g/mol. The second-order valence-electron chi connectivity index (χ2n) is 3.93. The van der Waals surface area contributed by atoms with Crippen LogP contribution in [0.2, 0.25) is 0 Å². The van der Waals surface area contributed by atoms with Crippen LogP contribution < -0.4 is 5.73 Å². The zero-order chi connectivity index (χ0) is 11.0. The smallest absolute Gasteiger partial charge is 0.101 e. The van der Waals surface area contributed by atoms with Crippen molar-refractivity contribution < 1.29 is 0 Å². The summed E-state index contributed by atoms with van der Waals surface area (Å²) in [6, 6.07) is 8.18. The van der Waals surface area contributed by atoms with Crippen LogP contribution in [0.1, 0.15) is 25.5 Å². The number of rotatable bonds is 1. The number of fused-ring (bicyclic) bond motifs is 1. The largest absolute Gasteiger partial charge is 0.399 e. The zero-order valence-electron chi connectivity index (χ0n) is 8.86. The molecule has 1 aromatic carbocycles. The molecule has 1 aromatic heterocycles. The van der Waals surface area contributed by atoms with Crippen LogP contribution >= 0.6 is 0 Å². The van der Waals surface area contributed by atoms with E-state index in [9.17, 15) is 0 Å². The van der Waals surface area contributed by atoms with Crippen LogP contribution in [-0.4, -0.2) is 4.57 Å². The highest BCUT2D eigenvalue weighted by Crippen LogP contribution is 2.25. The second kappa shape index (κ2) is 3.32. The van der Waals surface area contributed by atoms with Crippen LogP contribution in [0.4, 0.5) is 5.69 Å². The van der Waals surface area contributed by atoms with Crippen molar-refractivity contribution in [3.63, 3.8) is 0 Å². The number of hydrogen-bond acceptors (Lipinski definition) is 2. The van der Waals surface area contributed by atoms with Crippen molar-refractivity contribution in [1.82, 2.24) is 4.57 Å². The molecule has 2 aromatic rings. The molecule has 0 bridgehead atoms. The number of benzene rings is 1. The molecular formula is C12H13N3. The maximum absolute atomic E-state index is 9.01. The number of nitrogen functional groups attached to an aromatic ring is 1. The van der Waals surface area contributed by atoms with Crippen LogP contribution in [0.25, 0.3) is 10.9 Å². The molecule has 0 saturated carbocycles. The van der Waals surface area contributed by atoms with E-state index >= 15 is 0 Å². The minimum atomic E-state index is 0.330. The number of nitrogens with zero attached hydrogens (tertiary/aromatic N) is 2. The summed E-state index contributed by atoms with van der Waals surface area (Å²) in [4.78, 5) is 0. The Labute approximate surface area is 88.7 Å². The van der Waals surface area contributed by atoms with Crippen LogP contribution in [0.15, 0.2) is 24.4 Å². The van der Waals surface area contributed by atoms with Crippen molar-refractivity contribution in [1.29, 1.82) is 5.26 Å². The molecule has 1 heterocycles. The van der Waals surface area contributed by atoms with Crippen molar-refractivity contribution >= 4 is 16.6 Å². The van der Waals surface area contributed by atoms with E-state index < -0.39 is 0 Å². The summed E-state index contributed by atoms with van der Waals surface area (Å²) in [6.07, 6.45) is 1.88. The molecule has 2 N–H and O–H groups in total. The lowest BCUT2D eigenvalue weighted by Gasteiger charge is -2.08. The fraction of sp³-hybridized carbons (Fsp3) is 0.250. The van der Waals surface area contributed by atoms with Gasteiger partial charge in [0.2, 0.25) is 0 Å². The van der Waals surface area contributed by atoms with Gasteiger partial charge in [-0.3, -0.25) is 0 Å². The normalized spacial score (nSPS) is 10.8. The van der Waals surface area contributed by atoms with Gasteiger partial charge in [-0.05, 0) is 32.0 Å². The molecule has 3 nitrogen and oxygen atoms in total. The van der Waals surface area contributed by atoms with Gasteiger partial charge in [-0.25, -0.2) is 0 Å². The van der Waals surface area contributed by atoms with Crippen molar-refractivity contribution in [2.24, 2.45) is 0 Å². The van der Waals surface area contributed by atoms with Crippen LogP contribution in [0.3, 0.4) is 0 Å². The summed E-state index contributed by atoms with van der Waals surface area (Å²) in [5.74, 6) is 0. The number of hydrogen-bond donors (Lipinski definition) is 1. The molecule has 0 amide bonds. The zero-order valence-corrected chi connectivity index (χ0v) is 8.86. The Kier molecular flexibility index (Phi) is 2.12. The van der Waals surface area contributed by atoms with Crippen molar-refractivity contribution in [2.45, 2.75) is 19.9 Å². The number of anilines is 1. The highest BCUT2D eigenvalue weighted by molar-refractivity contribution is 5.88. The summed E-state index contributed by atoms with van der Waals surface area (Å²) >= 11 is 0. The molecule has 0 fully saturated rings. The Balaban J connectivity index is 2.83. The highest BCUT2D eigenvalue weighted by atomic mass is 15.0. The van der Waals surface area contributed by atoms with Crippen molar-refractivity contribution in [3.8, 4) is 6.07 Å². The van der Waals surface area contributed by atoms with Crippen molar-refractivity contribution in [2.75, 3.05) is 5.73 Å². The maximum Gasteiger partial charge on any atom is 0.101 e. The number of nitriles is 1. The highest BCUT2D eigenvalue weighted by Gasteiger charge is 2.09. The Morgan fingerprint density at radius 3 is 2.73 bits per heavy atom. The summed E-state index contributed by atoms with van der Waals surface area (Å²) in [6.45, 7) is 4.17. The lowest BCUT2D eigenvalue weighted by molar-refractivity contribution is 0.622. The average molecular weight is 199 g/mol. The SMILES string of the molecule is CC(C)n1cc(C#N)c2ccc(N)cc21. The minimum Gasteiger partial charge on any atom is -0.399 e. The van der Waals surface area contributed by atoms with Gasteiger partial charge >= 0.3 is 0 Å². The predicted octanol–water partition coefficient (Wildman–Crippen LogP) is 2.68. The topological polar surface area (TPSA) is 54.7 Å². The summed E-state index contributed by atoms with van der Waals surface area (Å²) in [5, 5.41) is 9.98. The fourth-order valence-electron chi connectivity index (χ4n) is 1.78. The van der Waals surface area contributed by atoms with E-state index in [4.69, 9.17) is 11.0 Å². The molecule has 0 aliphatic heterocycles. The molecule has 2 rings (SSSR count). The lowest BCUT2D eigenvalue weighted by Crippen LogP contribution is -1.98. The van der Waals surface area contributed by atoms with Gasteiger partial charge in [0.15, 0.2) is 0 Å². The quantitative estimate of drug-likeness (QED) is 0.718. The van der Waals surface area contributed by atoms with Crippen LogP contribution in [-0.2, 0) is 0 Å². The third-order valence-corrected chi connectivity index (χ3v) is 2.54. The fourth-order valence-corrected chi connectivity index (χ4v) is 1.78. The molecule has 15 heavy (non-hydrogen) atoms. The van der Waals surface area contributed by atoms with E-state index in [0.29, 0.717) is 11.6 Å². The van der Waals surface area contributed by atoms with Gasteiger partial charge in [0.1, 0.15) is 6.07 Å². The van der Waals surface area contributed by atoms with E-state index in [0.717, 1.165) is 16.6 Å². The van der Waals surface area contributed by atoms with Gasteiger partial charge in [0.25, 0.3) is 0 Å². The van der Waals surface area contributed by atoms with E-state index in [-0.39, 0.29) is 0 Å².